The zero-order chi connectivity index (χ0) is 13.3. The lowest BCUT2D eigenvalue weighted by atomic mass is 10.2. The lowest BCUT2D eigenvalue weighted by Gasteiger charge is -2.23. The molecule has 7 heteroatoms. The van der Waals surface area contributed by atoms with Crippen molar-refractivity contribution >= 4 is 17.8 Å². The van der Waals surface area contributed by atoms with Crippen molar-refractivity contribution in [1.82, 2.24) is 15.0 Å². The van der Waals surface area contributed by atoms with Gasteiger partial charge in [0.05, 0.1) is 0 Å². The van der Waals surface area contributed by atoms with Crippen LogP contribution >= 0.6 is 0 Å². The molecule has 7 nitrogen and oxygen atoms in total. The second kappa shape index (κ2) is 4.75. The summed E-state index contributed by atoms with van der Waals surface area (Å²) in [7, 11) is 3.74. The van der Waals surface area contributed by atoms with E-state index in [0.717, 1.165) is 19.4 Å². The van der Waals surface area contributed by atoms with Gasteiger partial charge in [-0.25, -0.2) is 0 Å². The Morgan fingerprint density at radius 2 is 2.11 bits per heavy atom. The Kier molecular flexibility index (Phi) is 3.31. The van der Waals surface area contributed by atoms with Crippen molar-refractivity contribution < 1.29 is 4.79 Å². The average Bonchev–Trinajstić information content (AvgIpc) is 2.76. The molecule has 2 heterocycles. The minimum atomic E-state index is -0.322. The number of hydrogen-bond donors (Lipinski definition) is 1. The maximum atomic E-state index is 11.4. The van der Waals surface area contributed by atoms with Gasteiger partial charge in [-0.3, -0.25) is 4.79 Å². The lowest BCUT2D eigenvalue weighted by molar-refractivity contribution is -0.119. The molecule has 1 saturated heterocycles. The molecular formula is C11H18N6O. The van der Waals surface area contributed by atoms with Gasteiger partial charge in [0.1, 0.15) is 11.9 Å². The number of hydrogen-bond acceptors (Lipinski definition) is 6. The summed E-state index contributed by atoms with van der Waals surface area (Å²) < 4.78 is 0. The van der Waals surface area contributed by atoms with E-state index in [4.69, 9.17) is 5.73 Å². The Balaban J connectivity index is 2.35. The number of carbonyl (C=O) groups is 1. The average molecular weight is 250 g/mol. The molecule has 2 rings (SSSR count). The maximum Gasteiger partial charge on any atom is 0.240 e. The number of aromatic nitrogens is 3. The van der Waals surface area contributed by atoms with Gasteiger partial charge in [-0.2, -0.15) is 15.0 Å². The number of amides is 1. The number of anilines is 2. The van der Waals surface area contributed by atoms with Crippen LogP contribution in [-0.4, -0.2) is 47.5 Å². The first-order valence-electron chi connectivity index (χ1n) is 5.95. The molecule has 0 aromatic carbocycles. The molecule has 1 atom stereocenters. The predicted octanol–water partition coefficient (Wildman–Crippen LogP) is -0.300. The Labute approximate surface area is 106 Å². The van der Waals surface area contributed by atoms with E-state index in [1.54, 1.807) is 0 Å². The summed E-state index contributed by atoms with van der Waals surface area (Å²) in [6.45, 7) is 2.57. The van der Waals surface area contributed by atoms with Crippen molar-refractivity contribution in [3.8, 4) is 0 Å². The highest BCUT2D eigenvalue weighted by atomic mass is 16.1. The fraction of sp³-hybridized carbons (Fsp3) is 0.636. The molecular weight excluding hydrogens is 232 g/mol. The Bertz CT molecular complexity index is 461. The molecule has 1 fully saturated rings. The topological polar surface area (TPSA) is 88.2 Å². The Morgan fingerprint density at radius 1 is 1.39 bits per heavy atom. The van der Waals surface area contributed by atoms with Crippen molar-refractivity contribution in [2.75, 3.05) is 30.4 Å². The van der Waals surface area contributed by atoms with E-state index in [1.165, 1.54) is 0 Å². The van der Waals surface area contributed by atoms with Crippen molar-refractivity contribution in [1.29, 1.82) is 0 Å². The van der Waals surface area contributed by atoms with Crippen LogP contribution in [0.5, 0.6) is 0 Å². The summed E-state index contributed by atoms with van der Waals surface area (Å²) in [5.41, 5.74) is 5.40. The largest absolute Gasteiger partial charge is 0.368 e. The van der Waals surface area contributed by atoms with Gasteiger partial charge in [0.25, 0.3) is 0 Å². The van der Waals surface area contributed by atoms with Crippen LogP contribution in [0, 0.1) is 6.92 Å². The Morgan fingerprint density at radius 3 is 2.72 bits per heavy atom. The number of rotatable bonds is 3. The number of nitrogens with zero attached hydrogens (tertiary/aromatic N) is 5. The van der Waals surface area contributed by atoms with Gasteiger partial charge in [0, 0.05) is 20.6 Å². The van der Waals surface area contributed by atoms with E-state index < -0.39 is 0 Å². The van der Waals surface area contributed by atoms with Crippen LogP contribution < -0.4 is 15.5 Å². The molecule has 0 radical (unpaired) electrons. The minimum Gasteiger partial charge on any atom is -0.368 e. The van der Waals surface area contributed by atoms with E-state index in [1.807, 2.05) is 30.8 Å². The van der Waals surface area contributed by atoms with Gasteiger partial charge in [0.2, 0.25) is 17.8 Å². The van der Waals surface area contributed by atoms with Crippen LogP contribution in [0.4, 0.5) is 11.9 Å². The summed E-state index contributed by atoms with van der Waals surface area (Å²) in [5, 5.41) is 0. The highest BCUT2D eigenvalue weighted by molar-refractivity contribution is 5.83. The zero-order valence-electron chi connectivity index (χ0n) is 10.9. The third-order valence-electron chi connectivity index (χ3n) is 2.96. The second-order valence-electron chi connectivity index (χ2n) is 4.63. The Hall–Kier alpha value is -1.92. The molecule has 1 aromatic heterocycles. The fourth-order valence-corrected chi connectivity index (χ4v) is 2.08. The molecule has 0 unspecified atom stereocenters. The van der Waals surface area contributed by atoms with Gasteiger partial charge in [-0.15, -0.1) is 0 Å². The minimum absolute atomic E-state index is 0.304. The van der Waals surface area contributed by atoms with Gasteiger partial charge in [0.15, 0.2) is 0 Å². The van der Waals surface area contributed by atoms with Crippen LogP contribution in [0.25, 0.3) is 0 Å². The van der Waals surface area contributed by atoms with Gasteiger partial charge < -0.3 is 15.5 Å². The van der Waals surface area contributed by atoms with Crippen LogP contribution in [0.1, 0.15) is 18.7 Å². The normalized spacial score (nSPS) is 19.1. The van der Waals surface area contributed by atoms with Crippen LogP contribution in [0.15, 0.2) is 0 Å². The van der Waals surface area contributed by atoms with Crippen LogP contribution in [0.2, 0.25) is 0 Å². The highest BCUT2D eigenvalue weighted by Gasteiger charge is 2.31. The fourth-order valence-electron chi connectivity index (χ4n) is 2.08. The highest BCUT2D eigenvalue weighted by Crippen LogP contribution is 2.23. The van der Waals surface area contributed by atoms with E-state index in [-0.39, 0.29) is 11.9 Å². The summed E-state index contributed by atoms with van der Waals surface area (Å²) in [4.78, 5) is 28.0. The van der Waals surface area contributed by atoms with Gasteiger partial charge in [-0.05, 0) is 19.8 Å². The van der Waals surface area contributed by atoms with Crippen LogP contribution in [0.3, 0.4) is 0 Å². The van der Waals surface area contributed by atoms with Gasteiger partial charge >= 0.3 is 0 Å². The SMILES string of the molecule is Cc1nc(N(C)C)nc(N2CCC[C@H]2C(N)=O)n1. The maximum absolute atomic E-state index is 11.4. The molecule has 2 N–H and O–H groups in total. The molecule has 1 aliphatic rings. The van der Waals surface area contributed by atoms with E-state index >= 15 is 0 Å². The standard InChI is InChI=1S/C11H18N6O/c1-7-13-10(16(2)3)15-11(14-7)17-6-4-5-8(17)9(12)18/h8H,4-6H2,1-3H3,(H2,12,18)/t8-/m0/s1. The second-order valence-corrected chi connectivity index (χ2v) is 4.63. The van der Waals surface area contributed by atoms with E-state index in [0.29, 0.717) is 17.7 Å². The number of carbonyl (C=O) groups excluding carboxylic acids is 1. The van der Waals surface area contributed by atoms with Crippen molar-refractivity contribution in [3.05, 3.63) is 5.82 Å². The van der Waals surface area contributed by atoms with Crippen molar-refractivity contribution in [3.63, 3.8) is 0 Å². The molecule has 0 saturated carbocycles. The first-order valence-corrected chi connectivity index (χ1v) is 5.95. The first kappa shape index (κ1) is 12.5. The molecule has 1 aromatic rings. The zero-order valence-corrected chi connectivity index (χ0v) is 10.9. The molecule has 1 amide bonds. The predicted molar refractivity (Wildman–Crippen MR) is 68.5 cm³/mol. The molecule has 0 bridgehead atoms. The molecule has 0 aliphatic carbocycles. The quantitative estimate of drug-likeness (QED) is 0.792. The van der Waals surface area contributed by atoms with Gasteiger partial charge in [-0.1, -0.05) is 0 Å². The monoisotopic (exact) mass is 250 g/mol. The molecule has 98 valence electrons. The van der Waals surface area contributed by atoms with Crippen molar-refractivity contribution in [2.45, 2.75) is 25.8 Å². The summed E-state index contributed by atoms with van der Waals surface area (Å²) in [5.74, 6) is 1.44. The molecule has 1 aliphatic heterocycles. The number of primary amides is 1. The lowest BCUT2D eigenvalue weighted by Crippen LogP contribution is -2.41. The number of nitrogens with two attached hydrogens (primary N) is 1. The first-order chi connectivity index (χ1) is 8.49. The van der Waals surface area contributed by atoms with Crippen molar-refractivity contribution in [2.24, 2.45) is 5.73 Å². The third kappa shape index (κ3) is 2.34. The smallest absolute Gasteiger partial charge is 0.240 e. The molecule has 0 spiro atoms. The summed E-state index contributed by atoms with van der Waals surface area (Å²) >= 11 is 0. The van der Waals surface area contributed by atoms with Crippen LogP contribution in [-0.2, 0) is 4.79 Å². The number of aryl methyl sites for hydroxylation is 1. The summed E-state index contributed by atoms with van der Waals surface area (Å²) in [6, 6.07) is -0.304. The summed E-state index contributed by atoms with van der Waals surface area (Å²) in [6.07, 6.45) is 1.69. The molecule has 18 heavy (non-hydrogen) atoms. The van der Waals surface area contributed by atoms with E-state index in [2.05, 4.69) is 15.0 Å². The van der Waals surface area contributed by atoms with E-state index in [9.17, 15) is 4.79 Å². The third-order valence-corrected chi connectivity index (χ3v) is 2.96.